The van der Waals surface area contributed by atoms with Crippen LogP contribution in [-0.4, -0.2) is 14.2 Å². The number of ketones is 1. The summed E-state index contributed by atoms with van der Waals surface area (Å²) in [5.74, 6) is -5.00. The second kappa shape index (κ2) is 7.19. The van der Waals surface area contributed by atoms with Gasteiger partial charge in [0.05, 0.1) is 15.2 Å². The predicted octanol–water partition coefficient (Wildman–Crippen LogP) is 3.02. The Morgan fingerprint density at radius 1 is 1.25 bits per heavy atom. The molecule has 10 heteroatoms. The van der Waals surface area contributed by atoms with Gasteiger partial charge in [-0.05, 0) is 17.6 Å². The number of halogens is 3. The predicted molar refractivity (Wildman–Crippen MR) is 91.6 cm³/mol. The van der Waals surface area contributed by atoms with Crippen molar-refractivity contribution < 1.29 is 47.7 Å². The highest BCUT2D eigenvalue weighted by Crippen LogP contribution is 2.35. The fourth-order valence-electron chi connectivity index (χ4n) is 1.98. The molecule has 28 heavy (non-hydrogen) atoms. The van der Waals surface area contributed by atoms with Crippen molar-refractivity contribution in [3.05, 3.63) is 82.8 Å². The number of Topliss-reactive ketones (excluding diaryl/α,β-unsaturated/α-hetero) is 1. The number of nitrogens with two attached hydrogens (primary N) is 1. The van der Waals surface area contributed by atoms with Crippen molar-refractivity contribution in [2.45, 2.75) is 18.0 Å². The molecule has 0 bridgehead atoms. The van der Waals surface area contributed by atoms with Crippen LogP contribution in [-0.2, 0) is 35.7 Å². The Morgan fingerprint density at radius 3 is 2.46 bits per heavy atom. The zero-order chi connectivity index (χ0) is 28.3. The molecule has 3 rings (SSSR count). The minimum absolute atomic E-state index is 0.462. The van der Waals surface area contributed by atoms with E-state index in [1.165, 1.54) is 18.2 Å². The van der Waals surface area contributed by atoms with Crippen LogP contribution in [0.25, 0.3) is 0 Å². The van der Waals surface area contributed by atoms with Gasteiger partial charge in [0.15, 0.2) is 8.90 Å². The normalized spacial score (nSPS) is 25.1. The minimum atomic E-state index is -5.51. The molecule has 148 valence electrons. The molecule has 0 aromatic heterocycles. The van der Waals surface area contributed by atoms with Crippen molar-refractivity contribution >= 4 is 15.9 Å². The van der Waals surface area contributed by atoms with Crippen LogP contribution in [0.2, 0.25) is 2.82 Å². The van der Waals surface area contributed by atoms with E-state index in [1.807, 2.05) is 0 Å². The van der Waals surface area contributed by atoms with Gasteiger partial charge in [-0.3, -0.25) is 4.79 Å². The molecule has 2 N–H and O–H groups in total. The molecule has 0 spiro atoms. The first-order valence-corrected chi connectivity index (χ1v) is 8.63. The van der Waals surface area contributed by atoms with Gasteiger partial charge >= 0.3 is 16.3 Å². The second-order valence-corrected chi connectivity index (χ2v) is 6.43. The van der Waals surface area contributed by atoms with E-state index in [9.17, 15) is 26.4 Å². The lowest BCUT2D eigenvalue weighted by Crippen LogP contribution is -2.16. The molecule has 6 nitrogen and oxygen atoms in total. The highest BCUT2D eigenvalue weighted by molar-refractivity contribution is 7.86. The van der Waals surface area contributed by atoms with Crippen molar-refractivity contribution in [1.82, 2.24) is 0 Å². The smallest absolute Gasteiger partial charge is 0.416 e. The summed E-state index contributed by atoms with van der Waals surface area (Å²) >= 11 is 0. The summed E-state index contributed by atoms with van der Waals surface area (Å²) in [5, 5.41) is 0. The summed E-state index contributed by atoms with van der Waals surface area (Å²) in [6, 6.07) is -0.327. The van der Waals surface area contributed by atoms with Gasteiger partial charge in [-0.15, -0.1) is 0 Å². The Morgan fingerprint density at radius 2 is 1.89 bits per heavy atom. The van der Waals surface area contributed by atoms with Crippen molar-refractivity contribution in [3.8, 4) is 0 Å². The van der Waals surface area contributed by atoms with Crippen molar-refractivity contribution in [1.29, 1.82) is 0 Å². The molecule has 1 aliphatic heterocycles. The summed E-state index contributed by atoms with van der Waals surface area (Å²) in [5.41, 5.74) is -7.75. The van der Waals surface area contributed by atoms with E-state index in [0.717, 1.165) is 12.1 Å². The molecule has 0 unspecified atom stereocenters. The first kappa shape index (κ1) is 11.1. The van der Waals surface area contributed by atoms with Gasteiger partial charge < -0.3 is 14.6 Å². The largest absolute Gasteiger partial charge is 0.460 e. The second-order valence-electron chi connectivity index (χ2n) is 5.15. The van der Waals surface area contributed by atoms with Gasteiger partial charge in [-0.1, -0.05) is 42.4 Å². The monoisotopic (exact) mass is 422 g/mol. The number of hydrogen-bond acceptors (Lipinski definition) is 6. The molecule has 0 aliphatic carbocycles. The third kappa shape index (κ3) is 4.28. The van der Waals surface area contributed by atoms with E-state index in [4.69, 9.17) is 17.2 Å². The Hall–Kier alpha value is -3.01. The SMILES string of the molecule is [2H]c1c([2H])c([C@@]2([2H])OC(N([2H])[2H])=C(OS(=O)(=O)C([2H])([2H])c3ccccc3)C2=O)c([2H])c([2H])c1C(F)(F)F. The summed E-state index contributed by atoms with van der Waals surface area (Å²) in [7, 11) is -5.51. The number of rotatable bonds is 6. The Bertz CT molecular complexity index is 1390. The lowest BCUT2D eigenvalue weighted by molar-refractivity contribution is -0.137. The van der Waals surface area contributed by atoms with Crippen molar-refractivity contribution in [3.63, 3.8) is 0 Å². The minimum Gasteiger partial charge on any atom is -0.460 e. The fourth-order valence-corrected chi connectivity index (χ4v) is 2.81. The van der Waals surface area contributed by atoms with Gasteiger partial charge in [-0.25, -0.2) is 0 Å². The highest BCUT2D eigenvalue weighted by Gasteiger charge is 2.40. The molecule has 1 aliphatic rings. The van der Waals surface area contributed by atoms with Crippen LogP contribution in [0.1, 0.15) is 32.4 Å². The molecular weight excluding hydrogens is 399 g/mol. The topological polar surface area (TPSA) is 95.7 Å². The summed E-state index contributed by atoms with van der Waals surface area (Å²) in [6.07, 6.45) is -8.90. The van der Waals surface area contributed by atoms with E-state index in [-0.39, 0.29) is 0 Å². The van der Waals surface area contributed by atoms with Crippen LogP contribution in [0.4, 0.5) is 13.2 Å². The van der Waals surface area contributed by atoms with E-state index >= 15 is 0 Å². The summed E-state index contributed by atoms with van der Waals surface area (Å²) in [4.78, 5) is 13.1. The van der Waals surface area contributed by atoms with Crippen LogP contribution in [0.15, 0.2) is 66.1 Å². The van der Waals surface area contributed by atoms with Crippen LogP contribution in [0.5, 0.6) is 0 Å². The first-order valence-electron chi connectivity index (χ1n) is 11.6. The van der Waals surface area contributed by atoms with Gasteiger partial charge in [-0.2, -0.15) is 21.6 Å². The molecule has 1 heterocycles. The lowest BCUT2D eigenvalue weighted by Gasteiger charge is -2.12. The van der Waals surface area contributed by atoms with Crippen molar-refractivity contribution in [2.75, 3.05) is 0 Å². The average molecular weight is 422 g/mol. The number of carbonyl (C=O) groups is 1. The van der Waals surface area contributed by atoms with Crippen LogP contribution in [0, 0.1) is 0 Å². The number of carbonyl (C=O) groups excluding carboxylic acids is 1. The van der Waals surface area contributed by atoms with Gasteiger partial charge in [0, 0.05) is 5.56 Å². The summed E-state index contributed by atoms with van der Waals surface area (Å²) in [6.45, 7) is 0. The third-order valence-corrected chi connectivity index (χ3v) is 4.02. The van der Waals surface area contributed by atoms with Gasteiger partial charge in [0.1, 0.15) is 5.70 Å². The number of alkyl halides is 3. The zero-order valence-corrected chi connectivity index (χ0v) is 14.2. The maximum absolute atomic E-state index is 13.3. The van der Waals surface area contributed by atoms with Gasteiger partial charge in [0.25, 0.3) is 0 Å². The highest BCUT2D eigenvalue weighted by atomic mass is 32.2. The number of ether oxygens (including phenoxy) is 1. The molecule has 0 saturated carbocycles. The molecule has 0 fully saturated rings. The molecule has 0 radical (unpaired) electrons. The molecular formula is C18H14F3NO5S. The van der Waals surface area contributed by atoms with Crippen LogP contribution < -0.4 is 5.72 Å². The average Bonchev–Trinajstić information content (AvgIpc) is 3.03. The van der Waals surface area contributed by atoms with Crippen molar-refractivity contribution in [2.24, 2.45) is 5.72 Å². The first-order chi connectivity index (χ1) is 16.8. The molecule has 0 amide bonds. The standard InChI is InChI=1S/C18H14F3NO5S/c19-18(20,21)13-8-6-12(7-9-13)15-14(23)16(17(22)26-15)27-28(24,25)10-11-4-2-1-3-5-11/h1-9,15H,10,22H2/t15-/m1/s1/i6D,7D,8D,9D,10D2,15D/hD2. The number of hydrogen-bond donors (Lipinski definition) is 1. The quantitative estimate of drug-likeness (QED) is 0.719. The fraction of sp³-hybridized carbons (Fsp3) is 0.167. The zero-order valence-electron chi connectivity index (χ0n) is 22.4. The maximum Gasteiger partial charge on any atom is 0.416 e. The van der Waals surface area contributed by atoms with E-state index < -0.39 is 92.1 Å². The Labute approximate surface area is 171 Å². The molecule has 0 saturated heterocycles. The maximum atomic E-state index is 13.3. The Balaban J connectivity index is 2.17. The lowest BCUT2D eigenvalue weighted by atomic mass is 10.0. The molecule has 2 aromatic rings. The van der Waals surface area contributed by atoms with E-state index in [0.29, 0.717) is 0 Å². The van der Waals surface area contributed by atoms with E-state index in [2.05, 4.69) is 4.18 Å². The number of benzene rings is 2. The Kier molecular flexibility index (Phi) is 2.85. The molecule has 2 aromatic carbocycles. The van der Waals surface area contributed by atoms with Gasteiger partial charge in [0.2, 0.25) is 17.4 Å². The van der Waals surface area contributed by atoms with E-state index in [1.54, 1.807) is 0 Å². The van der Waals surface area contributed by atoms with Crippen LogP contribution >= 0.6 is 0 Å². The summed E-state index contributed by atoms with van der Waals surface area (Å²) < 4.78 is 145. The molecule has 1 atom stereocenters. The third-order valence-electron chi connectivity index (χ3n) is 3.15. The van der Waals surface area contributed by atoms with Crippen LogP contribution in [0.3, 0.4) is 0 Å².